The normalized spacial score (nSPS) is 19.0. The number of nitrogens with zero attached hydrogens (tertiary/aromatic N) is 2. The van der Waals surface area contributed by atoms with Crippen LogP contribution in [0.25, 0.3) is 0 Å². The van der Waals surface area contributed by atoms with Crippen molar-refractivity contribution in [3.63, 3.8) is 0 Å². The number of carbonyl (C=O) groups excluding carboxylic acids is 1. The second-order valence-corrected chi connectivity index (χ2v) is 7.76. The molecule has 3 rings (SSSR count). The Hall–Kier alpha value is -1.79. The van der Waals surface area contributed by atoms with Crippen LogP contribution in [-0.4, -0.2) is 34.9 Å². The van der Waals surface area contributed by atoms with Crippen molar-refractivity contribution in [3.8, 4) is 0 Å². The Bertz CT molecular complexity index is 714. The number of benzene rings is 1. The first-order valence-corrected chi connectivity index (χ1v) is 9.60. The topological polar surface area (TPSA) is 59.2 Å². The van der Waals surface area contributed by atoms with Gasteiger partial charge in [0.05, 0.1) is 17.1 Å². The predicted molar refractivity (Wildman–Crippen MR) is 98.0 cm³/mol. The number of piperidine rings is 1. The van der Waals surface area contributed by atoms with Crippen LogP contribution in [0.4, 0.5) is 4.39 Å². The van der Waals surface area contributed by atoms with Crippen molar-refractivity contribution in [3.05, 3.63) is 51.7 Å². The smallest absolute Gasteiger partial charge is 0.228 e. The van der Waals surface area contributed by atoms with E-state index in [0.717, 1.165) is 42.2 Å². The minimum atomic E-state index is -0.235. The molecular weight excluding hydrogens is 337 g/mol. The van der Waals surface area contributed by atoms with Gasteiger partial charge >= 0.3 is 0 Å². The highest BCUT2D eigenvalue weighted by Gasteiger charge is 2.26. The van der Waals surface area contributed by atoms with E-state index in [1.54, 1.807) is 23.5 Å². The lowest BCUT2D eigenvalue weighted by atomic mass is 9.92. The van der Waals surface area contributed by atoms with Gasteiger partial charge in [-0.25, -0.2) is 9.37 Å². The van der Waals surface area contributed by atoms with Crippen molar-refractivity contribution >= 4 is 17.2 Å². The standard InChI is InChI=1S/C19H24FN3OS/c1-13(21)15-3-2-8-23(11-15)19(24)10-17-12-25-18(22-17)9-14-4-6-16(20)7-5-14/h4-7,12-13,15H,2-3,8-11,21H2,1H3. The summed E-state index contributed by atoms with van der Waals surface area (Å²) in [7, 11) is 0. The molecule has 6 heteroatoms. The SMILES string of the molecule is CC(N)C1CCCN(C(=O)Cc2csc(Cc3ccc(F)cc3)n2)C1. The highest BCUT2D eigenvalue weighted by Crippen LogP contribution is 2.21. The van der Waals surface area contributed by atoms with Gasteiger partial charge in [0, 0.05) is 30.9 Å². The van der Waals surface area contributed by atoms with Crippen LogP contribution in [-0.2, 0) is 17.6 Å². The molecule has 0 spiro atoms. The fourth-order valence-corrected chi connectivity index (χ4v) is 4.05. The van der Waals surface area contributed by atoms with Crippen molar-refractivity contribution in [2.45, 2.75) is 38.6 Å². The Morgan fingerprint density at radius 1 is 1.44 bits per heavy atom. The summed E-state index contributed by atoms with van der Waals surface area (Å²) >= 11 is 1.55. The number of likely N-dealkylation sites (tertiary alicyclic amines) is 1. The first-order valence-electron chi connectivity index (χ1n) is 8.72. The molecule has 0 saturated carbocycles. The first-order chi connectivity index (χ1) is 12.0. The van der Waals surface area contributed by atoms with Crippen molar-refractivity contribution < 1.29 is 9.18 Å². The van der Waals surface area contributed by atoms with Gasteiger partial charge in [-0.15, -0.1) is 11.3 Å². The second kappa shape index (κ2) is 8.06. The van der Waals surface area contributed by atoms with E-state index in [-0.39, 0.29) is 17.8 Å². The first kappa shape index (κ1) is 18.0. The van der Waals surface area contributed by atoms with Crippen LogP contribution in [0.3, 0.4) is 0 Å². The number of aromatic nitrogens is 1. The van der Waals surface area contributed by atoms with Gasteiger partial charge in [-0.1, -0.05) is 12.1 Å². The Balaban J connectivity index is 1.57. The van der Waals surface area contributed by atoms with Gasteiger partial charge in [0.15, 0.2) is 0 Å². The molecule has 2 unspecified atom stereocenters. The molecule has 2 heterocycles. The molecule has 1 fully saturated rings. The minimum absolute atomic E-state index is 0.122. The second-order valence-electron chi connectivity index (χ2n) is 6.81. The lowest BCUT2D eigenvalue weighted by Gasteiger charge is -2.34. The van der Waals surface area contributed by atoms with E-state index in [1.807, 2.05) is 17.2 Å². The number of thiazole rings is 1. The van der Waals surface area contributed by atoms with Crippen LogP contribution in [0.1, 0.15) is 36.0 Å². The lowest BCUT2D eigenvalue weighted by Crippen LogP contribution is -2.45. The van der Waals surface area contributed by atoms with Crippen molar-refractivity contribution in [2.24, 2.45) is 11.7 Å². The molecular formula is C19H24FN3OS. The van der Waals surface area contributed by atoms with Crippen molar-refractivity contribution in [1.82, 2.24) is 9.88 Å². The molecule has 1 aliphatic heterocycles. The maximum atomic E-state index is 13.0. The number of rotatable bonds is 5. The lowest BCUT2D eigenvalue weighted by molar-refractivity contribution is -0.132. The van der Waals surface area contributed by atoms with Gasteiger partial charge in [0.1, 0.15) is 5.82 Å². The number of halogens is 1. The summed E-state index contributed by atoms with van der Waals surface area (Å²) in [5, 5.41) is 2.89. The molecule has 4 nitrogen and oxygen atoms in total. The molecule has 25 heavy (non-hydrogen) atoms. The van der Waals surface area contributed by atoms with Crippen LogP contribution in [0.15, 0.2) is 29.6 Å². The third kappa shape index (κ3) is 4.86. The summed E-state index contributed by atoms with van der Waals surface area (Å²) < 4.78 is 13.0. The third-order valence-corrected chi connectivity index (χ3v) is 5.65. The molecule has 1 aliphatic rings. The van der Waals surface area contributed by atoms with Gasteiger partial charge in [0.2, 0.25) is 5.91 Å². The molecule has 1 amide bonds. The molecule has 0 aliphatic carbocycles. The van der Waals surface area contributed by atoms with Crippen LogP contribution < -0.4 is 5.73 Å². The molecule has 1 saturated heterocycles. The van der Waals surface area contributed by atoms with Gasteiger partial charge < -0.3 is 10.6 Å². The molecule has 1 aromatic carbocycles. The average molecular weight is 361 g/mol. The van der Waals surface area contributed by atoms with E-state index in [9.17, 15) is 9.18 Å². The Morgan fingerprint density at radius 2 is 2.20 bits per heavy atom. The highest BCUT2D eigenvalue weighted by atomic mass is 32.1. The summed E-state index contributed by atoms with van der Waals surface area (Å²) in [5.41, 5.74) is 7.83. The van der Waals surface area contributed by atoms with E-state index in [4.69, 9.17) is 5.73 Å². The summed E-state index contributed by atoms with van der Waals surface area (Å²) in [4.78, 5) is 19.0. The molecule has 2 atom stereocenters. The minimum Gasteiger partial charge on any atom is -0.342 e. The Kier molecular flexibility index (Phi) is 5.81. The number of nitrogens with two attached hydrogens (primary N) is 1. The zero-order valence-corrected chi connectivity index (χ0v) is 15.3. The molecule has 0 bridgehead atoms. The summed E-state index contributed by atoms with van der Waals surface area (Å²) in [6, 6.07) is 6.57. The quantitative estimate of drug-likeness (QED) is 0.891. The number of carbonyl (C=O) groups is 1. The number of hydrogen-bond acceptors (Lipinski definition) is 4. The molecule has 0 radical (unpaired) electrons. The van der Waals surface area contributed by atoms with Gasteiger partial charge in [-0.05, 0) is 43.4 Å². The number of amides is 1. The Morgan fingerprint density at radius 3 is 2.92 bits per heavy atom. The molecule has 2 N–H and O–H groups in total. The van der Waals surface area contributed by atoms with Gasteiger partial charge in [0.25, 0.3) is 0 Å². The van der Waals surface area contributed by atoms with Crippen LogP contribution >= 0.6 is 11.3 Å². The zero-order valence-electron chi connectivity index (χ0n) is 14.5. The van der Waals surface area contributed by atoms with Crippen molar-refractivity contribution in [1.29, 1.82) is 0 Å². The van der Waals surface area contributed by atoms with Gasteiger partial charge in [-0.3, -0.25) is 4.79 Å². The fourth-order valence-electron chi connectivity index (χ4n) is 3.22. The summed E-state index contributed by atoms with van der Waals surface area (Å²) in [6.45, 7) is 3.58. The monoisotopic (exact) mass is 361 g/mol. The van der Waals surface area contributed by atoms with E-state index in [0.29, 0.717) is 18.8 Å². The zero-order chi connectivity index (χ0) is 17.8. The summed E-state index contributed by atoms with van der Waals surface area (Å²) in [6.07, 6.45) is 3.12. The van der Waals surface area contributed by atoms with E-state index in [2.05, 4.69) is 4.98 Å². The van der Waals surface area contributed by atoms with E-state index in [1.165, 1.54) is 12.1 Å². The highest BCUT2D eigenvalue weighted by molar-refractivity contribution is 7.09. The maximum absolute atomic E-state index is 13.0. The molecule has 2 aromatic rings. The number of hydrogen-bond donors (Lipinski definition) is 1. The molecule has 1 aromatic heterocycles. The predicted octanol–water partition coefficient (Wildman–Crippen LogP) is 3.00. The average Bonchev–Trinajstić information content (AvgIpc) is 3.04. The third-order valence-electron chi connectivity index (χ3n) is 4.75. The Labute approximate surface area is 151 Å². The fraction of sp³-hybridized carbons (Fsp3) is 0.474. The summed E-state index contributed by atoms with van der Waals surface area (Å²) in [5.74, 6) is 0.284. The van der Waals surface area contributed by atoms with Crippen LogP contribution in [0, 0.1) is 11.7 Å². The van der Waals surface area contributed by atoms with E-state index >= 15 is 0 Å². The van der Waals surface area contributed by atoms with E-state index < -0.39 is 0 Å². The maximum Gasteiger partial charge on any atom is 0.228 e. The van der Waals surface area contributed by atoms with Crippen LogP contribution in [0.2, 0.25) is 0 Å². The van der Waals surface area contributed by atoms with Crippen LogP contribution in [0.5, 0.6) is 0 Å². The van der Waals surface area contributed by atoms with Crippen molar-refractivity contribution in [2.75, 3.05) is 13.1 Å². The largest absolute Gasteiger partial charge is 0.342 e. The molecule has 134 valence electrons. The van der Waals surface area contributed by atoms with Gasteiger partial charge in [-0.2, -0.15) is 0 Å².